The van der Waals surface area contributed by atoms with Gasteiger partial charge in [0.2, 0.25) is 0 Å². The summed E-state index contributed by atoms with van der Waals surface area (Å²) in [5.74, 6) is -0.222. The molecule has 132 valence electrons. The van der Waals surface area contributed by atoms with Gasteiger partial charge in [-0.2, -0.15) is 0 Å². The third-order valence-electron chi connectivity index (χ3n) is 3.01. The van der Waals surface area contributed by atoms with Crippen LogP contribution in [0, 0.1) is 0 Å². The molecule has 0 aromatic heterocycles. The fourth-order valence-corrected chi connectivity index (χ4v) is 1.92. The van der Waals surface area contributed by atoms with Crippen molar-refractivity contribution in [2.45, 2.75) is 0 Å². The number of hydrogen-bond donors (Lipinski definition) is 0. The number of benzene rings is 2. The number of hydrogen-bond acceptors (Lipinski definition) is 6. The van der Waals surface area contributed by atoms with Crippen LogP contribution < -0.4 is 9.47 Å². The summed E-state index contributed by atoms with van der Waals surface area (Å²) < 4.78 is 20.2. The fourth-order valence-electron chi connectivity index (χ4n) is 1.79. The van der Waals surface area contributed by atoms with Crippen molar-refractivity contribution in [3.05, 3.63) is 59.1 Å². The molecule has 0 fully saturated rings. The molecule has 0 N–H and O–H groups in total. The van der Waals surface area contributed by atoms with Crippen molar-refractivity contribution >= 4 is 23.5 Å². The van der Waals surface area contributed by atoms with Crippen LogP contribution in [-0.4, -0.2) is 38.9 Å². The van der Waals surface area contributed by atoms with Crippen LogP contribution in [0.25, 0.3) is 0 Å². The Morgan fingerprint density at radius 1 is 0.920 bits per heavy atom. The Morgan fingerprint density at radius 3 is 2.20 bits per heavy atom. The topological polar surface area (TPSA) is 71.1 Å². The molecule has 2 aromatic rings. The second-order valence-corrected chi connectivity index (χ2v) is 5.31. The van der Waals surface area contributed by atoms with Crippen LogP contribution in [0.15, 0.2) is 48.5 Å². The highest BCUT2D eigenvalue weighted by molar-refractivity contribution is 6.30. The number of ether oxygens (including phenoxy) is 4. The van der Waals surface area contributed by atoms with E-state index in [-0.39, 0.29) is 13.2 Å². The van der Waals surface area contributed by atoms with E-state index >= 15 is 0 Å². The Kier molecular flexibility index (Phi) is 7.25. The largest absolute Gasteiger partial charge is 0.482 e. The number of carbonyl (C=O) groups is 2. The molecule has 0 aliphatic rings. The lowest BCUT2D eigenvalue weighted by Gasteiger charge is -2.08. The molecule has 25 heavy (non-hydrogen) atoms. The van der Waals surface area contributed by atoms with E-state index in [1.807, 2.05) is 0 Å². The summed E-state index contributed by atoms with van der Waals surface area (Å²) in [6.07, 6.45) is 0. The minimum absolute atomic E-state index is 0.175. The summed E-state index contributed by atoms with van der Waals surface area (Å²) in [6.45, 7) is 0.256. The molecule has 0 saturated heterocycles. The van der Waals surface area contributed by atoms with E-state index in [4.69, 9.17) is 30.5 Å². The monoisotopic (exact) mass is 364 g/mol. The molecule has 7 heteroatoms. The molecule has 0 atom stereocenters. The van der Waals surface area contributed by atoms with Crippen molar-refractivity contribution in [2.24, 2.45) is 0 Å². The zero-order valence-corrected chi connectivity index (χ0v) is 14.3. The first kappa shape index (κ1) is 18.8. The van der Waals surface area contributed by atoms with Crippen molar-refractivity contribution < 1.29 is 28.5 Å². The quantitative estimate of drug-likeness (QED) is 0.407. The smallest absolute Gasteiger partial charge is 0.349 e. The second-order valence-electron chi connectivity index (χ2n) is 4.87. The maximum absolute atomic E-state index is 11.8. The lowest BCUT2D eigenvalue weighted by atomic mass is 10.2. The van der Waals surface area contributed by atoms with E-state index in [0.29, 0.717) is 28.7 Å². The van der Waals surface area contributed by atoms with Gasteiger partial charge in [-0.05, 0) is 48.5 Å². The van der Waals surface area contributed by atoms with Crippen LogP contribution in [0.4, 0.5) is 0 Å². The van der Waals surface area contributed by atoms with Gasteiger partial charge in [-0.1, -0.05) is 11.6 Å². The molecular weight excluding hydrogens is 348 g/mol. The highest BCUT2D eigenvalue weighted by atomic mass is 35.5. The molecule has 0 saturated carbocycles. The van der Waals surface area contributed by atoms with E-state index in [9.17, 15) is 9.59 Å². The molecule has 6 nitrogen and oxygen atoms in total. The molecule has 0 spiro atoms. The van der Waals surface area contributed by atoms with E-state index in [1.54, 1.807) is 24.3 Å². The lowest BCUT2D eigenvalue weighted by Crippen LogP contribution is -2.17. The first-order valence-corrected chi connectivity index (χ1v) is 7.81. The van der Waals surface area contributed by atoms with Crippen molar-refractivity contribution in [3.8, 4) is 11.5 Å². The maximum Gasteiger partial charge on any atom is 0.349 e. The highest BCUT2D eigenvalue weighted by Gasteiger charge is 2.10. The van der Waals surface area contributed by atoms with Crippen molar-refractivity contribution in [1.29, 1.82) is 0 Å². The minimum atomic E-state index is -0.564. The Labute approximate surface area is 150 Å². The highest BCUT2D eigenvalue weighted by Crippen LogP contribution is 2.16. The summed E-state index contributed by atoms with van der Waals surface area (Å²) in [7, 11) is 1.52. The van der Waals surface area contributed by atoms with E-state index in [2.05, 4.69) is 0 Å². The van der Waals surface area contributed by atoms with Gasteiger partial charge >= 0.3 is 11.9 Å². The van der Waals surface area contributed by atoms with Gasteiger partial charge in [-0.3, -0.25) is 0 Å². The maximum atomic E-state index is 11.8. The Morgan fingerprint density at radius 2 is 1.56 bits per heavy atom. The number of esters is 2. The number of carbonyl (C=O) groups excluding carboxylic acids is 2. The van der Waals surface area contributed by atoms with Gasteiger partial charge in [0, 0.05) is 12.1 Å². The zero-order valence-electron chi connectivity index (χ0n) is 13.6. The summed E-state index contributed by atoms with van der Waals surface area (Å²) in [4.78, 5) is 23.5. The van der Waals surface area contributed by atoms with Gasteiger partial charge in [0.05, 0.1) is 12.2 Å². The predicted molar refractivity (Wildman–Crippen MR) is 91.2 cm³/mol. The zero-order chi connectivity index (χ0) is 18.1. The summed E-state index contributed by atoms with van der Waals surface area (Å²) in [6, 6.07) is 12.7. The SMILES string of the molecule is COCCOC(=O)c1ccc(OC(=O)COc2ccc(Cl)cc2)cc1. The molecule has 0 aliphatic carbocycles. The standard InChI is InChI=1S/C18H17ClO6/c1-22-10-11-23-18(21)13-2-6-16(7-3-13)25-17(20)12-24-15-8-4-14(19)5-9-15/h2-9H,10-12H2,1H3. The summed E-state index contributed by atoms with van der Waals surface area (Å²) >= 11 is 5.77. The number of rotatable bonds is 8. The predicted octanol–water partition coefficient (Wildman–Crippen LogP) is 3.13. The van der Waals surface area contributed by atoms with Crippen molar-refractivity contribution in [1.82, 2.24) is 0 Å². The van der Waals surface area contributed by atoms with Gasteiger partial charge in [0.25, 0.3) is 0 Å². The van der Waals surface area contributed by atoms with Gasteiger partial charge in [0.15, 0.2) is 6.61 Å². The molecule has 0 bridgehead atoms. The van der Waals surface area contributed by atoms with Crippen LogP contribution in [0.5, 0.6) is 11.5 Å². The molecule has 0 radical (unpaired) electrons. The average molecular weight is 365 g/mol. The summed E-state index contributed by atoms with van der Waals surface area (Å²) in [5.41, 5.74) is 0.355. The van der Waals surface area contributed by atoms with E-state index in [0.717, 1.165) is 0 Å². The van der Waals surface area contributed by atoms with E-state index in [1.165, 1.54) is 31.4 Å². The molecule has 2 aromatic carbocycles. The van der Waals surface area contributed by atoms with Crippen LogP contribution >= 0.6 is 11.6 Å². The van der Waals surface area contributed by atoms with Gasteiger partial charge < -0.3 is 18.9 Å². The fraction of sp³-hybridized carbons (Fsp3) is 0.222. The third-order valence-corrected chi connectivity index (χ3v) is 3.26. The Hall–Kier alpha value is -2.57. The van der Waals surface area contributed by atoms with Gasteiger partial charge in [-0.25, -0.2) is 9.59 Å². The molecule has 2 rings (SSSR count). The van der Waals surface area contributed by atoms with Crippen molar-refractivity contribution in [3.63, 3.8) is 0 Å². The first-order valence-electron chi connectivity index (χ1n) is 7.43. The van der Waals surface area contributed by atoms with Crippen LogP contribution in [0.1, 0.15) is 10.4 Å². The molecule has 0 amide bonds. The molecular formula is C18H17ClO6. The molecule has 0 heterocycles. The van der Waals surface area contributed by atoms with Gasteiger partial charge in [0.1, 0.15) is 18.1 Å². The minimum Gasteiger partial charge on any atom is -0.482 e. The second kappa shape index (κ2) is 9.66. The summed E-state index contributed by atoms with van der Waals surface area (Å²) in [5, 5.41) is 0.579. The Bertz CT molecular complexity index is 697. The molecule has 0 aliphatic heterocycles. The average Bonchev–Trinajstić information content (AvgIpc) is 2.62. The van der Waals surface area contributed by atoms with Crippen LogP contribution in [-0.2, 0) is 14.3 Å². The third kappa shape index (κ3) is 6.45. The normalized spacial score (nSPS) is 10.2. The van der Waals surface area contributed by atoms with Gasteiger partial charge in [-0.15, -0.1) is 0 Å². The number of methoxy groups -OCH3 is 1. The Balaban J connectivity index is 1.80. The van der Waals surface area contributed by atoms with Crippen LogP contribution in [0.2, 0.25) is 5.02 Å². The molecule has 0 unspecified atom stereocenters. The lowest BCUT2D eigenvalue weighted by molar-refractivity contribution is -0.136. The van der Waals surface area contributed by atoms with E-state index < -0.39 is 11.9 Å². The van der Waals surface area contributed by atoms with Crippen molar-refractivity contribution in [2.75, 3.05) is 26.9 Å². The first-order chi connectivity index (χ1) is 12.1. The van der Waals surface area contributed by atoms with Crippen LogP contribution in [0.3, 0.4) is 0 Å². The number of halogens is 1.